The highest BCUT2D eigenvalue weighted by atomic mass is 32.2. The standard InChI is InChI=1S/C16H18N2O3S/c1-2-3-9-16(19)13-6-4-7-14(11-13)18-22(20,21)15-8-5-10-17-12-15/h4-8,10-12,18H,2-3,9H2,1H3. The van der Waals surface area contributed by atoms with Gasteiger partial charge in [0, 0.05) is 30.1 Å². The number of aromatic nitrogens is 1. The number of nitrogens with one attached hydrogen (secondary N) is 1. The maximum Gasteiger partial charge on any atom is 0.263 e. The van der Waals surface area contributed by atoms with Crippen LogP contribution in [0.15, 0.2) is 53.7 Å². The summed E-state index contributed by atoms with van der Waals surface area (Å²) >= 11 is 0. The third-order valence-electron chi connectivity index (χ3n) is 3.14. The van der Waals surface area contributed by atoms with Crippen LogP contribution in [0.1, 0.15) is 36.5 Å². The lowest BCUT2D eigenvalue weighted by molar-refractivity contribution is 0.0980. The predicted octanol–water partition coefficient (Wildman–Crippen LogP) is 3.26. The second-order valence-electron chi connectivity index (χ2n) is 4.90. The summed E-state index contributed by atoms with van der Waals surface area (Å²) < 4.78 is 26.9. The van der Waals surface area contributed by atoms with Gasteiger partial charge in [-0.3, -0.25) is 14.5 Å². The second-order valence-corrected chi connectivity index (χ2v) is 6.58. The summed E-state index contributed by atoms with van der Waals surface area (Å²) in [6, 6.07) is 9.56. The molecule has 2 aromatic rings. The first-order valence-electron chi connectivity index (χ1n) is 7.09. The van der Waals surface area contributed by atoms with Crippen molar-refractivity contribution in [2.24, 2.45) is 0 Å². The van der Waals surface area contributed by atoms with E-state index in [1.165, 1.54) is 18.5 Å². The van der Waals surface area contributed by atoms with Crippen LogP contribution in [0.3, 0.4) is 0 Å². The van der Waals surface area contributed by atoms with E-state index in [0.717, 1.165) is 12.8 Å². The van der Waals surface area contributed by atoms with Crippen molar-refractivity contribution in [3.8, 4) is 0 Å². The zero-order chi connectivity index (χ0) is 16.0. The largest absolute Gasteiger partial charge is 0.294 e. The molecule has 0 saturated carbocycles. The second kappa shape index (κ2) is 7.17. The quantitative estimate of drug-likeness (QED) is 0.795. The van der Waals surface area contributed by atoms with E-state index in [1.807, 2.05) is 6.92 Å². The number of rotatable bonds is 7. The lowest BCUT2D eigenvalue weighted by Crippen LogP contribution is -2.13. The molecule has 1 aromatic carbocycles. The molecule has 0 aliphatic heterocycles. The summed E-state index contributed by atoms with van der Waals surface area (Å²) in [4.78, 5) is 15.9. The maximum absolute atomic E-state index is 12.2. The van der Waals surface area contributed by atoms with Gasteiger partial charge in [0.25, 0.3) is 10.0 Å². The molecule has 2 rings (SSSR count). The molecule has 22 heavy (non-hydrogen) atoms. The van der Waals surface area contributed by atoms with Gasteiger partial charge in [-0.2, -0.15) is 0 Å². The highest BCUT2D eigenvalue weighted by Gasteiger charge is 2.15. The molecule has 1 aromatic heterocycles. The molecular weight excluding hydrogens is 300 g/mol. The van der Waals surface area contributed by atoms with Gasteiger partial charge in [-0.25, -0.2) is 8.42 Å². The van der Waals surface area contributed by atoms with Gasteiger partial charge in [0.15, 0.2) is 5.78 Å². The van der Waals surface area contributed by atoms with E-state index in [2.05, 4.69) is 9.71 Å². The Hall–Kier alpha value is -2.21. The number of carbonyl (C=O) groups excluding carboxylic acids is 1. The summed E-state index contributed by atoms with van der Waals surface area (Å²) in [5, 5.41) is 0. The first-order chi connectivity index (χ1) is 10.5. The Morgan fingerprint density at radius 1 is 1.23 bits per heavy atom. The minimum Gasteiger partial charge on any atom is -0.294 e. The number of ketones is 1. The fraction of sp³-hybridized carbons (Fsp3) is 0.250. The molecule has 0 saturated heterocycles. The smallest absolute Gasteiger partial charge is 0.263 e. The van der Waals surface area contributed by atoms with Gasteiger partial charge in [0.2, 0.25) is 0 Å². The van der Waals surface area contributed by atoms with Crippen molar-refractivity contribution in [1.82, 2.24) is 4.98 Å². The third kappa shape index (κ3) is 4.14. The Kier molecular flexibility index (Phi) is 5.27. The highest BCUT2D eigenvalue weighted by molar-refractivity contribution is 7.92. The van der Waals surface area contributed by atoms with Gasteiger partial charge in [0.05, 0.1) is 0 Å². The Balaban J connectivity index is 2.19. The molecule has 0 unspecified atom stereocenters. The maximum atomic E-state index is 12.2. The molecule has 116 valence electrons. The van der Waals surface area contributed by atoms with E-state index in [9.17, 15) is 13.2 Å². The van der Waals surface area contributed by atoms with Crippen molar-refractivity contribution >= 4 is 21.5 Å². The normalized spacial score (nSPS) is 11.1. The first-order valence-corrected chi connectivity index (χ1v) is 8.57. The van der Waals surface area contributed by atoms with E-state index in [-0.39, 0.29) is 10.7 Å². The Morgan fingerprint density at radius 3 is 2.73 bits per heavy atom. The summed E-state index contributed by atoms with van der Waals surface area (Å²) in [5.41, 5.74) is 0.881. The lowest BCUT2D eigenvalue weighted by Gasteiger charge is -2.09. The van der Waals surface area contributed by atoms with Gasteiger partial charge in [-0.05, 0) is 30.7 Å². The van der Waals surface area contributed by atoms with E-state index in [1.54, 1.807) is 30.3 Å². The van der Waals surface area contributed by atoms with Crippen LogP contribution in [0.25, 0.3) is 0 Å². The van der Waals surface area contributed by atoms with E-state index in [4.69, 9.17) is 0 Å². The van der Waals surface area contributed by atoms with Crippen LogP contribution in [0.4, 0.5) is 5.69 Å². The van der Waals surface area contributed by atoms with Crippen LogP contribution in [0.5, 0.6) is 0 Å². The molecule has 0 fully saturated rings. The zero-order valence-corrected chi connectivity index (χ0v) is 13.1. The number of Topliss-reactive ketones (excluding diaryl/α,β-unsaturated/α-hetero) is 1. The highest BCUT2D eigenvalue weighted by Crippen LogP contribution is 2.18. The molecule has 5 nitrogen and oxygen atoms in total. The van der Waals surface area contributed by atoms with E-state index >= 15 is 0 Å². The molecular formula is C16H18N2O3S. The fourth-order valence-corrected chi connectivity index (χ4v) is 2.97. The van der Waals surface area contributed by atoms with Gasteiger partial charge in [0.1, 0.15) is 4.90 Å². The van der Waals surface area contributed by atoms with Crippen LogP contribution in [-0.2, 0) is 10.0 Å². The van der Waals surface area contributed by atoms with Crippen LogP contribution >= 0.6 is 0 Å². The molecule has 6 heteroatoms. The van der Waals surface area contributed by atoms with Crippen molar-refractivity contribution in [3.05, 3.63) is 54.4 Å². The van der Waals surface area contributed by atoms with Crippen molar-refractivity contribution < 1.29 is 13.2 Å². The fourth-order valence-electron chi connectivity index (χ4n) is 1.96. The summed E-state index contributed by atoms with van der Waals surface area (Å²) in [6.07, 6.45) is 5.02. The van der Waals surface area contributed by atoms with Gasteiger partial charge in [-0.1, -0.05) is 25.5 Å². The lowest BCUT2D eigenvalue weighted by atomic mass is 10.1. The van der Waals surface area contributed by atoms with Crippen molar-refractivity contribution in [1.29, 1.82) is 0 Å². The minimum absolute atomic E-state index is 0.0178. The Morgan fingerprint density at radius 2 is 2.05 bits per heavy atom. The molecule has 0 aliphatic carbocycles. The summed E-state index contributed by atoms with van der Waals surface area (Å²) in [6.45, 7) is 2.02. The average Bonchev–Trinajstić information content (AvgIpc) is 2.53. The number of sulfonamides is 1. The molecule has 0 radical (unpaired) electrons. The van der Waals surface area contributed by atoms with Crippen LogP contribution in [-0.4, -0.2) is 19.2 Å². The number of hydrogen-bond donors (Lipinski definition) is 1. The Bertz CT molecular complexity index is 743. The van der Waals surface area contributed by atoms with Gasteiger partial charge >= 0.3 is 0 Å². The van der Waals surface area contributed by atoms with Gasteiger partial charge in [-0.15, -0.1) is 0 Å². The van der Waals surface area contributed by atoms with Crippen LogP contribution in [0, 0.1) is 0 Å². The minimum atomic E-state index is -3.70. The number of unbranched alkanes of at least 4 members (excludes halogenated alkanes) is 1. The molecule has 0 amide bonds. The molecule has 1 heterocycles. The van der Waals surface area contributed by atoms with E-state index < -0.39 is 10.0 Å². The number of carbonyl (C=O) groups is 1. The summed E-state index contributed by atoms with van der Waals surface area (Å²) in [7, 11) is -3.70. The topological polar surface area (TPSA) is 76.1 Å². The summed E-state index contributed by atoms with van der Waals surface area (Å²) in [5.74, 6) is 0.0178. The molecule has 0 spiro atoms. The number of pyridine rings is 1. The van der Waals surface area contributed by atoms with E-state index in [0.29, 0.717) is 17.7 Å². The Labute approximate surface area is 130 Å². The zero-order valence-electron chi connectivity index (χ0n) is 12.3. The number of hydrogen-bond acceptors (Lipinski definition) is 4. The monoisotopic (exact) mass is 318 g/mol. The average molecular weight is 318 g/mol. The number of benzene rings is 1. The molecule has 0 bridgehead atoms. The van der Waals surface area contributed by atoms with Crippen LogP contribution < -0.4 is 4.72 Å². The van der Waals surface area contributed by atoms with Crippen molar-refractivity contribution in [2.75, 3.05) is 4.72 Å². The molecule has 0 aliphatic rings. The van der Waals surface area contributed by atoms with Crippen molar-refractivity contribution in [2.45, 2.75) is 31.1 Å². The predicted molar refractivity (Wildman–Crippen MR) is 85.3 cm³/mol. The SMILES string of the molecule is CCCCC(=O)c1cccc(NS(=O)(=O)c2cccnc2)c1. The van der Waals surface area contributed by atoms with Crippen molar-refractivity contribution in [3.63, 3.8) is 0 Å². The first kappa shape index (κ1) is 16.2. The number of nitrogens with zero attached hydrogens (tertiary/aromatic N) is 1. The third-order valence-corrected chi connectivity index (χ3v) is 4.51. The van der Waals surface area contributed by atoms with Gasteiger partial charge < -0.3 is 0 Å². The molecule has 0 atom stereocenters. The number of anilines is 1. The molecule has 1 N–H and O–H groups in total. The van der Waals surface area contributed by atoms with Crippen LogP contribution in [0.2, 0.25) is 0 Å².